The van der Waals surface area contributed by atoms with Crippen molar-refractivity contribution in [1.82, 2.24) is 0 Å². The molecule has 0 heterocycles. The van der Waals surface area contributed by atoms with Gasteiger partial charge in [0.05, 0.1) is 0 Å². The number of rotatable bonds is 8. The van der Waals surface area contributed by atoms with Crippen molar-refractivity contribution in [3.8, 4) is 0 Å². The van der Waals surface area contributed by atoms with Crippen molar-refractivity contribution in [2.75, 3.05) is 26.4 Å². The topological polar surface area (TPSA) is 36.9 Å². The summed E-state index contributed by atoms with van der Waals surface area (Å²) < 4.78 is 21.4. The van der Waals surface area contributed by atoms with E-state index in [0.717, 1.165) is 0 Å². The molecule has 0 bridgehead atoms. The Kier molecular flexibility index (Phi) is 12.1. The van der Waals surface area contributed by atoms with Crippen LogP contribution < -0.4 is 18.9 Å². The monoisotopic (exact) mass is 198 g/mol. The van der Waals surface area contributed by atoms with E-state index in [0.29, 0.717) is 26.4 Å². The SMILES string of the molecule is CCO[B-](OCC)(OCC)OCC.[Li+]. The Labute approximate surface area is 98.8 Å². The van der Waals surface area contributed by atoms with Crippen LogP contribution in [0.4, 0.5) is 0 Å². The van der Waals surface area contributed by atoms with Gasteiger partial charge in [-0.15, -0.1) is 0 Å². The van der Waals surface area contributed by atoms with Crippen LogP contribution >= 0.6 is 0 Å². The van der Waals surface area contributed by atoms with Gasteiger partial charge in [-0.25, -0.2) is 0 Å². The summed E-state index contributed by atoms with van der Waals surface area (Å²) in [5, 5.41) is 0. The van der Waals surface area contributed by atoms with Crippen LogP contribution in [-0.4, -0.2) is 33.4 Å². The Morgan fingerprint density at radius 3 is 1.00 bits per heavy atom. The predicted octanol–water partition coefficient (Wildman–Crippen LogP) is -1.43. The first-order valence-electron chi connectivity index (χ1n) is 4.93. The summed E-state index contributed by atoms with van der Waals surface area (Å²) in [7, 11) is 0. The second kappa shape index (κ2) is 10.0. The van der Waals surface area contributed by atoms with Gasteiger partial charge in [-0.2, -0.15) is 0 Å². The molecule has 6 heteroatoms. The van der Waals surface area contributed by atoms with Crippen molar-refractivity contribution in [1.29, 1.82) is 0 Å². The molecule has 14 heavy (non-hydrogen) atoms. The normalized spacial score (nSPS) is 11.1. The zero-order chi connectivity index (χ0) is 10.2. The minimum atomic E-state index is -1.97. The van der Waals surface area contributed by atoms with Crippen LogP contribution in [0.3, 0.4) is 0 Å². The molecular formula is C8H20BLiO4. The largest absolute Gasteiger partial charge is 1.00 e. The third-order valence-electron chi connectivity index (χ3n) is 1.48. The van der Waals surface area contributed by atoms with E-state index >= 15 is 0 Å². The maximum Gasteiger partial charge on any atom is 1.00 e. The molecule has 0 aliphatic carbocycles. The molecule has 0 radical (unpaired) electrons. The average molecular weight is 198 g/mol. The van der Waals surface area contributed by atoms with Gasteiger partial charge in [0, 0.05) is 26.4 Å². The van der Waals surface area contributed by atoms with E-state index in [2.05, 4.69) is 0 Å². The molecule has 0 aromatic rings. The summed E-state index contributed by atoms with van der Waals surface area (Å²) in [5.41, 5.74) is 0. The van der Waals surface area contributed by atoms with Crippen molar-refractivity contribution in [3.63, 3.8) is 0 Å². The molecule has 0 saturated heterocycles. The third kappa shape index (κ3) is 6.07. The molecule has 0 aliphatic heterocycles. The minimum Gasteiger partial charge on any atom is -0.519 e. The first-order chi connectivity index (χ1) is 6.24. The van der Waals surface area contributed by atoms with E-state index in [-0.39, 0.29) is 18.9 Å². The van der Waals surface area contributed by atoms with E-state index in [9.17, 15) is 0 Å². The molecule has 80 valence electrons. The van der Waals surface area contributed by atoms with Gasteiger partial charge >= 0.3 is 25.8 Å². The molecule has 0 amide bonds. The Morgan fingerprint density at radius 1 is 0.643 bits per heavy atom. The third-order valence-corrected chi connectivity index (χ3v) is 1.48. The van der Waals surface area contributed by atoms with Crippen molar-refractivity contribution >= 4 is 6.96 Å². The van der Waals surface area contributed by atoms with Gasteiger partial charge in [0.15, 0.2) is 0 Å². The molecule has 4 nitrogen and oxygen atoms in total. The molecule has 0 aromatic carbocycles. The van der Waals surface area contributed by atoms with Crippen molar-refractivity contribution in [3.05, 3.63) is 0 Å². The van der Waals surface area contributed by atoms with Gasteiger partial charge < -0.3 is 18.6 Å². The molecular weight excluding hydrogens is 178 g/mol. The Bertz CT molecular complexity index is 96.4. The van der Waals surface area contributed by atoms with E-state index in [1.54, 1.807) is 0 Å². The van der Waals surface area contributed by atoms with E-state index in [1.807, 2.05) is 27.7 Å². The van der Waals surface area contributed by atoms with Crippen LogP contribution in [0, 0.1) is 0 Å². The van der Waals surface area contributed by atoms with E-state index in [4.69, 9.17) is 18.6 Å². The molecule has 0 spiro atoms. The molecule has 0 fully saturated rings. The zero-order valence-corrected chi connectivity index (χ0v) is 10.0. The fourth-order valence-corrected chi connectivity index (χ4v) is 1.11. The Balaban J connectivity index is 0. The van der Waals surface area contributed by atoms with Crippen LogP contribution in [0.15, 0.2) is 0 Å². The van der Waals surface area contributed by atoms with Crippen LogP contribution in [0.2, 0.25) is 0 Å². The van der Waals surface area contributed by atoms with Crippen molar-refractivity contribution < 1.29 is 37.5 Å². The summed E-state index contributed by atoms with van der Waals surface area (Å²) in [4.78, 5) is 0. The van der Waals surface area contributed by atoms with Gasteiger partial charge in [0.2, 0.25) is 0 Å². The maximum atomic E-state index is 5.35. The Hall–Kier alpha value is 0.502. The number of hydrogen-bond donors (Lipinski definition) is 0. The van der Waals surface area contributed by atoms with Gasteiger partial charge in [-0.1, -0.05) is 0 Å². The average Bonchev–Trinajstić information content (AvgIpc) is 2.06. The molecule has 0 aromatic heterocycles. The molecule has 0 unspecified atom stereocenters. The second-order valence-electron chi connectivity index (χ2n) is 2.40. The number of hydrogen-bond acceptors (Lipinski definition) is 4. The molecule has 0 saturated carbocycles. The Morgan fingerprint density at radius 2 is 0.857 bits per heavy atom. The van der Waals surface area contributed by atoms with E-state index in [1.165, 1.54) is 0 Å². The fourth-order valence-electron chi connectivity index (χ4n) is 1.11. The summed E-state index contributed by atoms with van der Waals surface area (Å²) in [5.74, 6) is 0. The summed E-state index contributed by atoms with van der Waals surface area (Å²) in [6.07, 6.45) is 0. The summed E-state index contributed by atoms with van der Waals surface area (Å²) in [6.45, 7) is 7.61. The quantitative estimate of drug-likeness (QED) is 0.448. The van der Waals surface area contributed by atoms with Crippen LogP contribution in [0.5, 0.6) is 0 Å². The minimum absolute atomic E-state index is 0. The maximum absolute atomic E-state index is 5.35. The summed E-state index contributed by atoms with van der Waals surface area (Å²) >= 11 is 0. The van der Waals surface area contributed by atoms with Gasteiger partial charge in [0.1, 0.15) is 0 Å². The van der Waals surface area contributed by atoms with Crippen LogP contribution in [0.1, 0.15) is 27.7 Å². The molecule has 0 aliphatic rings. The van der Waals surface area contributed by atoms with Gasteiger partial charge in [-0.3, -0.25) is 0 Å². The van der Waals surface area contributed by atoms with Gasteiger partial charge in [0.25, 0.3) is 0 Å². The smallest absolute Gasteiger partial charge is 0.519 e. The van der Waals surface area contributed by atoms with Crippen LogP contribution in [-0.2, 0) is 18.6 Å². The second-order valence-corrected chi connectivity index (χ2v) is 2.40. The fraction of sp³-hybridized carbons (Fsp3) is 1.00. The van der Waals surface area contributed by atoms with Crippen LogP contribution in [0.25, 0.3) is 0 Å². The first kappa shape index (κ1) is 16.9. The van der Waals surface area contributed by atoms with E-state index < -0.39 is 6.96 Å². The summed E-state index contributed by atoms with van der Waals surface area (Å²) in [6, 6.07) is 0. The van der Waals surface area contributed by atoms with Gasteiger partial charge in [-0.05, 0) is 27.7 Å². The molecule has 0 atom stereocenters. The predicted molar refractivity (Wildman–Crippen MR) is 52.3 cm³/mol. The standard InChI is InChI=1S/C8H20BO4.Li/c1-5-10-9(11-6-2,12-7-3)13-8-4;/h5-8H2,1-4H3;/q-1;+1. The molecule has 0 rings (SSSR count). The molecule has 0 N–H and O–H groups in total. The first-order valence-corrected chi connectivity index (χ1v) is 4.93. The zero-order valence-electron chi connectivity index (χ0n) is 10.0. The van der Waals surface area contributed by atoms with Crippen molar-refractivity contribution in [2.24, 2.45) is 0 Å². The van der Waals surface area contributed by atoms with Crippen molar-refractivity contribution in [2.45, 2.75) is 27.7 Å².